The number of likely N-dealkylation sites (tertiary alicyclic amines) is 1. The summed E-state index contributed by atoms with van der Waals surface area (Å²) in [5, 5.41) is 0. The maximum Gasteiger partial charge on any atom is 0.223 e. The minimum atomic E-state index is 0.0682. The molecule has 21 heavy (non-hydrogen) atoms. The van der Waals surface area contributed by atoms with Crippen LogP contribution in [0, 0.1) is 13.8 Å². The van der Waals surface area contributed by atoms with Crippen LogP contribution in [0.1, 0.15) is 60.5 Å². The lowest BCUT2D eigenvalue weighted by atomic mass is 10.0. The zero-order chi connectivity index (χ0) is 15.4. The highest BCUT2D eigenvalue weighted by Crippen LogP contribution is 2.21. The zero-order valence-electron chi connectivity index (χ0n) is 13.3. The molecule has 1 aromatic rings. The molecular formula is C18H25NO2. The van der Waals surface area contributed by atoms with Crippen LogP contribution in [0.5, 0.6) is 0 Å². The van der Waals surface area contributed by atoms with Gasteiger partial charge in [0.1, 0.15) is 0 Å². The molecule has 1 amide bonds. The Balaban J connectivity index is 1.91. The maximum absolute atomic E-state index is 12.2. The van der Waals surface area contributed by atoms with E-state index >= 15 is 0 Å². The molecule has 0 spiro atoms. The van der Waals surface area contributed by atoms with E-state index in [0.717, 1.165) is 36.9 Å². The number of aryl methyl sites for hydroxylation is 2. The number of nitrogens with zero attached hydrogens (tertiary/aromatic N) is 1. The maximum atomic E-state index is 12.2. The third-order valence-corrected chi connectivity index (χ3v) is 4.56. The van der Waals surface area contributed by atoms with Gasteiger partial charge in [0, 0.05) is 31.0 Å². The van der Waals surface area contributed by atoms with Gasteiger partial charge >= 0.3 is 0 Å². The highest BCUT2D eigenvalue weighted by atomic mass is 16.2. The fraction of sp³-hybridized carbons (Fsp3) is 0.556. The average Bonchev–Trinajstić information content (AvgIpc) is 2.95. The number of Topliss-reactive ketones (excluding diaryl/α,β-unsaturated/α-hetero) is 1. The number of carbonyl (C=O) groups excluding carboxylic acids is 2. The molecule has 0 bridgehead atoms. The number of ketones is 1. The number of benzene rings is 1. The zero-order valence-corrected chi connectivity index (χ0v) is 13.3. The van der Waals surface area contributed by atoms with Crippen molar-refractivity contribution in [3.8, 4) is 0 Å². The minimum Gasteiger partial charge on any atom is -0.340 e. The van der Waals surface area contributed by atoms with Gasteiger partial charge in [-0.1, -0.05) is 19.1 Å². The second kappa shape index (κ2) is 6.88. The van der Waals surface area contributed by atoms with Crippen LogP contribution in [0.4, 0.5) is 0 Å². The summed E-state index contributed by atoms with van der Waals surface area (Å²) in [5.74, 6) is 0.204. The van der Waals surface area contributed by atoms with Crippen molar-refractivity contribution in [1.82, 2.24) is 4.90 Å². The van der Waals surface area contributed by atoms with Crippen molar-refractivity contribution in [3.63, 3.8) is 0 Å². The van der Waals surface area contributed by atoms with E-state index in [2.05, 4.69) is 6.92 Å². The van der Waals surface area contributed by atoms with Crippen LogP contribution in [0.2, 0.25) is 0 Å². The molecule has 1 atom stereocenters. The number of hydrogen-bond acceptors (Lipinski definition) is 2. The summed E-state index contributed by atoms with van der Waals surface area (Å²) in [6.07, 6.45) is 3.86. The molecule has 1 unspecified atom stereocenters. The van der Waals surface area contributed by atoms with Gasteiger partial charge in [-0.25, -0.2) is 0 Å². The van der Waals surface area contributed by atoms with E-state index in [1.165, 1.54) is 5.56 Å². The van der Waals surface area contributed by atoms with Gasteiger partial charge < -0.3 is 4.90 Å². The van der Waals surface area contributed by atoms with Gasteiger partial charge in [-0.2, -0.15) is 0 Å². The molecular weight excluding hydrogens is 262 g/mol. The smallest absolute Gasteiger partial charge is 0.223 e. The van der Waals surface area contributed by atoms with Gasteiger partial charge in [-0.05, 0) is 50.3 Å². The number of rotatable bonds is 5. The monoisotopic (exact) mass is 287 g/mol. The van der Waals surface area contributed by atoms with Crippen LogP contribution in [0.15, 0.2) is 18.2 Å². The fourth-order valence-electron chi connectivity index (χ4n) is 3.01. The van der Waals surface area contributed by atoms with Crippen molar-refractivity contribution in [2.24, 2.45) is 0 Å². The van der Waals surface area contributed by atoms with Gasteiger partial charge in [-0.3, -0.25) is 9.59 Å². The summed E-state index contributed by atoms with van der Waals surface area (Å²) < 4.78 is 0. The molecule has 1 aliphatic heterocycles. The van der Waals surface area contributed by atoms with Gasteiger partial charge in [0.05, 0.1) is 0 Å². The van der Waals surface area contributed by atoms with Crippen molar-refractivity contribution < 1.29 is 9.59 Å². The van der Waals surface area contributed by atoms with Crippen LogP contribution < -0.4 is 0 Å². The molecule has 0 saturated carbocycles. The van der Waals surface area contributed by atoms with Crippen molar-refractivity contribution in [3.05, 3.63) is 34.9 Å². The van der Waals surface area contributed by atoms with Crippen molar-refractivity contribution in [2.45, 2.75) is 58.9 Å². The molecule has 0 N–H and O–H groups in total. The molecule has 1 aliphatic rings. The lowest BCUT2D eigenvalue weighted by Crippen LogP contribution is -2.35. The molecule has 0 aliphatic carbocycles. The quantitative estimate of drug-likeness (QED) is 0.775. The Bertz CT molecular complexity index is 536. The normalized spacial score (nSPS) is 18.0. The van der Waals surface area contributed by atoms with E-state index in [1.54, 1.807) is 0 Å². The average molecular weight is 287 g/mol. The van der Waals surface area contributed by atoms with E-state index in [-0.39, 0.29) is 11.7 Å². The van der Waals surface area contributed by atoms with Gasteiger partial charge in [0.2, 0.25) is 5.91 Å². The van der Waals surface area contributed by atoms with Gasteiger partial charge in [0.15, 0.2) is 5.78 Å². The Hall–Kier alpha value is -1.64. The second-order valence-electron chi connectivity index (χ2n) is 6.01. The van der Waals surface area contributed by atoms with E-state index in [4.69, 9.17) is 0 Å². The highest BCUT2D eigenvalue weighted by Gasteiger charge is 2.27. The Morgan fingerprint density at radius 2 is 1.95 bits per heavy atom. The van der Waals surface area contributed by atoms with Crippen LogP contribution in [-0.4, -0.2) is 29.2 Å². The molecule has 0 aromatic heterocycles. The summed E-state index contributed by atoms with van der Waals surface area (Å²) in [4.78, 5) is 26.4. The van der Waals surface area contributed by atoms with Crippen LogP contribution in [0.25, 0.3) is 0 Å². The van der Waals surface area contributed by atoms with Crippen LogP contribution in [-0.2, 0) is 4.79 Å². The first-order valence-corrected chi connectivity index (χ1v) is 7.93. The fourth-order valence-corrected chi connectivity index (χ4v) is 3.01. The number of carbonyl (C=O) groups is 2. The van der Waals surface area contributed by atoms with E-state index in [0.29, 0.717) is 18.9 Å². The highest BCUT2D eigenvalue weighted by molar-refractivity contribution is 5.98. The predicted molar refractivity (Wildman–Crippen MR) is 84.5 cm³/mol. The first-order valence-electron chi connectivity index (χ1n) is 7.93. The summed E-state index contributed by atoms with van der Waals surface area (Å²) >= 11 is 0. The van der Waals surface area contributed by atoms with Gasteiger partial charge in [0.25, 0.3) is 0 Å². The first kappa shape index (κ1) is 15.7. The van der Waals surface area contributed by atoms with Gasteiger partial charge in [-0.15, -0.1) is 0 Å². The summed E-state index contributed by atoms with van der Waals surface area (Å²) in [5.41, 5.74) is 3.03. The molecule has 2 rings (SSSR count). The summed E-state index contributed by atoms with van der Waals surface area (Å²) in [6.45, 7) is 7.02. The third-order valence-electron chi connectivity index (χ3n) is 4.56. The molecule has 114 valence electrons. The number of hydrogen-bond donors (Lipinski definition) is 0. The second-order valence-corrected chi connectivity index (χ2v) is 6.01. The van der Waals surface area contributed by atoms with E-state index in [9.17, 15) is 9.59 Å². The SMILES string of the molecule is CCC1CCCN1C(=O)CCC(=O)c1ccc(C)c(C)c1. The molecule has 3 nitrogen and oxygen atoms in total. The molecule has 1 fully saturated rings. The van der Waals surface area contributed by atoms with E-state index < -0.39 is 0 Å². The standard InChI is InChI=1S/C18H25NO2/c1-4-16-6-5-11-19(16)18(21)10-9-17(20)15-8-7-13(2)14(3)12-15/h7-8,12,16H,4-6,9-11H2,1-3H3. The van der Waals surface area contributed by atoms with Crippen molar-refractivity contribution in [2.75, 3.05) is 6.54 Å². The Morgan fingerprint density at radius 1 is 1.19 bits per heavy atom. The van der Waals surface area contributed by atoms with E-state index in [1.807, 2.05) is 36.9 Å². The molecule has 1 aromatic carbocycles. The largest absolute Gasteiger partial charge is 0.340 e. The van der Waals surface area contributed by atoms with Crippen molar-refractivity contribution in [1.29, 1.82) is 0 Å². The van der Waals surface area contributed by atoms with Crippen LogP contribution >= 0.6 is 0 Å². The Morgan fingerprint density at radius 3 is 2.62 bits per heavy atom. The Labute approximate surface area is 127 Å². The molecule has 0 radical (unpaired) electrons. The minimum absolute atomic E-state index is 0.0682. The number of amides is 1. The van der Waals surface area contributed by atoms with Crippen molar-refractivity contribution >= 4 is 11.7 Å². The summed E-state index contributed by atoms with van der Waals surface area (Å²) in [7, 11) is 0. The molecule has 3 heteroatoms. The molecule has 1 heterocycles. The topological polar surface area (TPSA) is 37.4 Å². The summed E-state index contributed by atoms with van der Waals surface area (Å²) in [6, 6.07) is 6.14. The third kappa shape index (κ3) is 3.72. The predicted octanol–water partition coefficient (Wildman–Crippen LogP) is 3.67. The Kier molecular flexibility index (Phi) is 5.16. The van der Waals surface area contributed by atoms with Crippen LogP contribution in [0.3, 0.4) is 0 Å². The first-order chi connectivity index (χ1) is 10.0. The lowest BCUT2D eigenvalue weighted by Gasteiger charge is -2.23. The molecule has 1 saturated heterocycles. The lowest BCUT2D eigenvalue weighted by molar-refractivity contribution is -0.132.